The molecule has 37 heavy (non-hydrogen) atoms. The van der Waals surface area contributed by atoms with Gasteiger partial charge in [-0.25, -0.2) is 8.78 Å². The summed E-state index contributed by atoms with van der Waals surface area (Å²) < 4.78 is 33.0. The van der Waals surface area contributed by atoms with Crippen LogP contribution in [0, 0.1) is 11.6 Å². The maximum Gasteiger partial charge on any atom is 0.258 e. The van der Waals surface area contributed by atoms with Crippen molar-refractivity contribution in [3.05, 3.63) is 65.2 Å². The Labute approximate surface area is 217 Å². The molecule has 1 heterocycles. The van der Waals surface area contributed by atoms with Crippen LogP contribution in [0.1, 0.15) is 59.2 Å². The van der Waals surface area contributed by atoms with Gasteiger partial charge in [-0.05, 0) is 62.8 Å². The Bertz CT molecular complexity index is 1110. The third-order valence-electron chi connectivity index (χ3n) is 6.69. The molecule has 1 atom stereocenters. The van der Waals surface area contributed by atoms with Crippen molar-refractivity contribution in [1.29, 1.82) is 0 Å². The van der Waals surface area contributed by atoms with Crippen molar-refractivity contribution < 1.29 is 27.9 Å². The summed E-state index contributed by atoms with van der Waals surface area (Å²) in [6.45, 7) is 1.41. The van der Waals surface area contributed by atoms with Gasteiger partial charge in [0.15, 0.2) is 0 Å². The second-order valence-electron chi connectivity index (χ2n) is 9.44. The molecule has 1 aliphatic heterocycles. The molecule has 0 bridgehead atoms. The topological polar surface area (TPSA) is 70.2 Å². The van der Waals surface area contributed by atoms with Crippen molar-refractivity contribution >= 4 is 17.7 Å². The predicted molar refractivity (Wildman–Crippen MR) is 136 cm³/mol. The Morgan fingerprint density at radius 2 is 1.81 bits per heavy atom. The van der Waals surface area contributed by atoms with Crippen LogP contribution in [0.15, 0.2) is 42.5 Å². The minimum Gasteiger partial charge on any atom is -0.493 e. The molecular formula is C28H35F2N3O4. The molecule has 0 aromatic heterocycles. The van der Waals surface area contributed by atoms with Crippen LogP contribution in [0.25, 0.3) is 0 Å². The quantitative estimate of drug-likeness (QED) is 0.536. The SMILES string of the molecule is CN(CCCC[C@H]1C(=O)N(C)CCCCCOc2ccccc2C(=O)N1C)C(=O)c1ccc(F)cc1F. The summed E-state index contributed by atoms with van der Waals surface area (Å²) >= 11 is 0. The Morgan fingerprint density at radius 1 is 1.05 bits per heavy atom. The first-order valence-electron chi connectivity index (χ1n) is 12.6. The fourth-order valence-corrected chi connectivity index (χ4v) is 4.41. The van der Waals surface area contributed by atoms with E-state index in [2.05, 4.69) is 0 Å². The molecule has 0 unspecified atom stereocenters. The summed E-state index contributed by atoms with van der Waals surface area (Å²) in [5.41, 5.74) is 0.221. The molecule has 1 aliphatic rings. The van der Waals surface area contributed by atoms with E-state index in [1.807, 2.05) is 6.07 Å². The van der Waals surface area contributed by atoms with Crippen molar-refractivity contribution in [3.63, 3.8) is 0 Å². The van der Waals surface area contributed by atoms with Gasteiger partial charge in [-0.2, -0.15) is 0 Å². The van der Waals surface area contributed by atoms with Crippen LogP contribution in [0.3, 0.4) is 0 Å². The van der Waals surface area contributed by atoms with E-state index in [0.29, 0.717) is 56.3 Å². The fourth-order valence-electron chi connectivity index (χ4n) is 4.41. The molecule has 3 rings (SSSR count). The lowest BCUT2D eigenvalue weighted by Gasteiger charge is -2.31. The van der Waals surface area contributed by atoms with Crippen LogP contribution < -0.4 is 4.74 Å². The molecule has 2 aromatic rings. The summed E-state index contributed by atoms with van der Waals surface area (Å²) in [6.07, 6.45) is 4.08. The third-order valence-corrected chi connectivity index (χ3v) is 6.69. The summed E-state index contributed by atoms with van der Waals surface area (Å²) in [4.78, 5) is 43.8. The van der Waals surface area contributed by atoms with Crippen LogP contribution in [-0.2, 0) is 4.79 Å². The lowest BCUT2D eigenvalue weighted by atomic mass is 10.0. The zero-order valence-electron chi connectivity index (χ0n) is 21.7. The van der Waals surface area contributed by atoms with E-state index in [9.17, 15) is 23.2 Å². The normalized spacial score (nSPS) is 17.3. The molecule has 200 valence electrons. The number of nitrogens with zero attached hydrogens (tertiary/aromatic N) is 3. The molecule has 0 radical (unpaired) electrons. The van der Waals surface area contributed by atoms with E-state index >= 15 is 0 Å². The summed E-state index contributed by atoms with van der Waals surface area (Å²) in [7, 11) is 4.93. The van der Waals surface area contributed by atoms with Crippen molar-refractivity contribution in [3.8, 4) is 5.75 Å². The van der Waals surface area contributed by atoms with Gasteiger partial charge in [-0.1, -0.05) is 12.1 Å². The zero-order chi connectivity index (χ0) is 26.9. The summed E-state index contributed by atoms with van der Waals surface area (Å²) in [5, 5.41) is 0. The second kappa shape index (κ2) is 13.2. The second-order valence-corrected chi connectivity index (χ2v) is 9.44. The summed E-state index contributed by atoms with van der Waals surface area (Å²) in [6, 6.07) is 9.24. The van der Waals surface area contributed by atoms with Crippen LogP contribution in [0.4, 0.5) is 8.78 Å². The number of fused-ring (bicyclic) bond motifs is 1. The molecule has 0 saturated carbocycles. The Balaban J connectivity index is 1.68. The average Bonchev–Trinajstić information content (AvgIpc) is 2.89. The molecule has 9 heteroatoms. The number of likely N-dealkylation sites (N-methyl/N-ethyl adjacent to an activating group) is 2. The first-order chi connectivity index (χ1) is 17.7. The van der Waals surface area contributed by atoms with Crippen LogP contribution in [0.2, 0.25) is 0 Å². The van der Waals surface area contributed by atoms with Crippen molar-refractivity contribution in [2.24, 2.45) is 0 Å². The van der Waals surface area contributed by atoms with Gasteiger partial charge in [-0.3, -0.25) is 14.4 Å². The molecule has 0 spiro atoms. The van der Waals surface area contributed by atoms with E-state index in [1.54, 1.807) is 44.2 Å². The number of benzene rings is 2. The Hall–Kier alpha value is -3.49. The van der Waals surface area contributed by atoms with Crippen molar-refractivity contribution in [1.82, 2.24) is 14.7 Å². The molecule has 3 amide bonds. The lowest BCUT2D eigenvalue weighted by molar-refractivity contribution is -0.134. The molecule has 0 saturated heterocycles. The van der Waals surface area contributed by atoms with E-state index in [-0.39, 0.29) is 17.4 Å². The van der Waals surface area contributed by atoms with Gasteiger partial charge in [0.1, 0.15) is 23.4 Å². The highest BCUT2D eigenvalue weighted by Gasteiger charge is 2.31. The van der Waals surface area contributed by atoms with Crippen LogP contribution in [0.5, 0.6) is 5.75 Å². The molecule has 7 nitrogen and oxygen atoms in total. The van der Waals surface area contributed by atoms with Gasteiger partial charge in [0, 0.05) is 40.3 Å². The fraction of sp³-hybridized carbons (Fsp3) is 0.464. The average molecular weight is 516 g/mol. The highest BCUT2D eigenvalue weighted by molar-refractivity contribution is 5.99. The summed E-state index contributed by atoms with van der Waals surface area (Å²) in [5.74, 6) is -2.11. The van der Waals surface area contributed by atoms with Gasteiger partial charge < -0.3 is 19.4 Å². The third kappa shape index (κ3) is 7.27. The van der Waals surface area contributed by atoms with Crippen LogP contribution in [-0.4, -0.2) is 79.3 Å². The highest BCUT2D eigenvalue weighted by atomic mass is 19.1. The van der Waals surface area contributed by atoms with E-state index in [0.717, 1.165) is 31.4 Å². The van der Waals surface area contributed by atoms with Gasteiger partial charge in [0.05, 0.1) is 17.7 Å². The monoisotopic (exact) mass is 515 g/mol. The van der Waals surface area contributed by atoms with Crippen molar-refractivity contribution in [2.75, 3.05) is 40.8 Å². The standard InChI is InChI=1S/C28H35F2N3O4/c1-31(26(34)21-15-14-20(29)19-23(21)30)17-9-7-12-24-28(36)32(2)16-8-4-10-18-37-25-13-6-5-11-22(25)27(35)33(24)3/h5-6,11,13-15,19,24H,4,7-10,12,16-18H2,1-3H3/t24-/m0/s1. The minimum atomic E-state index is -0.904. The van der Waals surface area contributed by atoms with Gasteiger partial charge in [0.2, 0.25) is 5.91 Å². The smallest absolute Gasteiger partial charge is 0.258 e. The van der Waals surface area contributed by atoms with Gasteiger partial charge in [-0.15, -0.1) is 0 Å². The number of hydrogen-bond acceptors (Lipinski definition) is 4. The maximum absolute atomic E-state index is 14.0. The maximum atomic E-state index is 14.0. The molecule has 0 aliphatic carbocycles. The number of rotatable bonds is 6. The number of carbonyl (C=O) groups is 3. The van der Waals surface area contributed by atoms with Gasteiger partial charge >= 0.3 is 0 Å². The van der Waals surface area contributed by atoms with E-state index < -0.39 is 23.6 Å². The Kier molecular flexibility index (Phi) is 10.00. The predicted octanol–water partition coefficient (Wildman–Crippen LogP) is 4.37. The van der Waals surface area contributed by atoms with Crippen LogP contribution >= 0.6 is 0 Å². The molecule has 0 N–H and O–H groups in total. The number of para-hydroxylation sites is 1. The zero-order valence-corrected chi connectivity index (χ0v) is 21.7. The first kappa shape index (κ1) is 28.1. The minimum absolute atomic E-state index is 0.133. The van der Waals surface area contributed by atoms with Gasteiger partial charge in [0.25, 0.3) is 11.8 Å². The molecule has 0 fully saturated rings. The molecule has 2 aromatic carbocycles. The highest BCUT2D eigenvalue weighted by Crippen LogP contribution is 2.23. The number of hydrogen-bond donors (Lipinski definition) is 0. The number of halogens is 2. The van der Waals surface area contributed by atoms with E-state index in [1.165, 1.54) is 9.80 Å². The number of amides is 3. The number of unbranched alkanes of at least 4 members (excludes halogenated alkanes) is 1. The number of ether oxygens (including phenoxy) is 1. The van der Waals surface area contributed by atoms with E-state index in [4.69, 9.17) is 4.74 Å². The first-order valence-corrected chi connectivity index (χ1v) is 12.6. The number of carbonyl (C=O) groups excluding carboxylic acids is 3. The lowest BCUT2D eigenvalue weighted by Crippen LogP contribution is -2.48. The Morgan fingerprint density at radius 3 is 2.57 bits per heavy atom. The molecular weight excluding hydrogens is 480 g/mol. The van der Waals surface area contributed by atoms with Crippen molar-refractivity contribution in [2.45, 2.75) is 44.6 Å². The largest absolute Gasteiger partial charge is 0.493 e.